The molecule has 2 N–H and O–H groups in total. The average molecular weight is 379 g/mol. The maximum Gasteiger partial charge on any atom is 0.275 e. The second kappa shape index (κ2) is 8.56. The molecule has 1 aliphatic heterocycles. The van der Waals surface area contributed by atoms with E-state index in [2.05, 4.69) is 34.5 Å². The van der Waals surface area contributed by atoms with Crippen LogP contribution in [0.4, 0.5) is 5.69 Å². The molecule has 1 amide bonds. The van der Waals surface area contributed by atoms with Crippen molar-refractivity contribution in [1.29, 1.82) is 0 Å². The predicted octanol–water partition coefficient (Wildman–Crippen LogP) is 2.01. The standard InChI is InChI=1S/C19H21Cl2N3O/c20-16-7-6-15(18(21)12-16)13-22-19(25)14-23-8-10-24(11-9-23)17-4-2-1-3-5-17/h1-7,12H,8-11,13-14H2,(H,22,25)/p+1. The minimum absolute atomic E-state index is 0.0502. The number of nitrogens with one attached hydrogen (secondary N) is 2. The zero-order valence-electron chi connectivity index (χ0n) is 14.0. The SMILES string of the molecule is O=C(C[NH+]1CCN(c2ccccc2)CC1)NCc1ccc(Cl)cc1Cl. The van der Waals surface area contributed by atoms with Crippen LogP contribution in [0.2, 0.25) is 10.0 Å². The highest BCUT2D eigenvalue weighted by Crippen LogP contribution is 2.20. The van der Waals surface area contributed by atoms with Gasteiger partial charge in [0, 0.05) is 22.3 Å². The molecule has 2 aromatic rings. The van der Waals surface area contributed by atoms with Crippen LogP contribution in [0, 0.1) is 0 Å². The molecule has 0 saturated carbocycles. The summed E-state index contributed by atoms with van der Waals surface area (Å²) in [5, 5.41) is 4.13. The number of nitrogens with zero attached hydrogens (tertiary/aromatic N) is 1. The van der Waals surface area contributed by atoms with Gasteiger partial charge in [-0.2, -0.15) is 0 Å². The largest absolute Gasteiger partial charge is 0.360 e. The third kappa shape index (κ3) is 5.11. The molecule has 2 aromatic carbocycles. The fourth-order valence-electron chi connectivity index (χ4n) is 3.05. The highest BCUT2D eigenvalue weighted by Gasteiger charge is 2.22. The number of carbonyl (C=O) groups is 1. The molecule has 3 rings (SSSR count). The van der Waals surface area contributed by atoms with Gasteiger partial charge in [-0.1, -0.05) is 47.5 Å². The van der Waals surface area contributed by atoms with E-state index in [1.54, 1.807) is 12.1 Å². The van der Waals surface area contributed by atoms with E-state index < -0.39 is 0 Å². The van der Waals surface area contributed by atoms with Crippen LogP contribution < -0.4 is 15.1 Å². The van der Waals surface area contributed by atoms with Crippen molar-refractivity contribution in [3.63, 3.8) is 0 Å². The normalized spacial score (nSPS) is 15.2. The minimum Gasteiger partial charge on any atom is -0.360 e. The van der Waals surface area contributed by atoms with E-state index in [0.29, 0.717) is 23.1 Å². The topological polar surface area (TPSA) is 36.8 Å². The zero-order valence-corrected chi connectivity index (χ0v) is 15.5. The smallest absolute Gasteiger partial charge is 0.275 e. The zero-order chi connectivity index (χ0) is 17.6. The third-order valence-electron chi connectivity index (χ3n) is 4.49. The first kappa shape index (κ1) is 18.1. The van der Waals surface area contributed by atoms with Gasteiger partial charge in [-0.25, -0.2) is 0 Å². The molecule has 1 saturated heterocycles. The van der Waals surface area contributed by atoms with Crippen molar-refractivity contribution < 1.29 is 9.69 Å². The maximum atomic E-state index is 12.2. The number of benzene rings is 2. The Hall–Kier alpha value is -1.75. The second-order valence-electron chi connectivity index (χ2n) is 6.26. The van der Waals surface area contributed by atoms with Gasteiger partial charge in [-0.15, -0.1) is 0 Å². The number of amides is 1. The van der Waals surface area contributed by atoms with Crippen LogP contribution in [0.1, 0.15) is 5.56 Å². The molecule has 1 fully saturated rings. The number of quaternary nitrogens is 1. The fraction of sp³-hybridized carbons (Fsp3) is 0.316. The molecule has 0 atom stereocenters. The summed E-state index contributed by atoms with van der Waals surface area (Å²) >= 11 is 12.0. The highest BCUT2D eigenvalue weighted by molar-refractivity contribution is 6.35. The van der Waals surface area contributed by atoms with Crippen molar-refractivity contribution >= 4 is 34.8 Å². The van der Waals surface area contributed by atoms with Crippen molar-refractivity contribution in [1.82, 2.24) is 5.32 Å². The van der Waals surface area contributed by atoms with Gasteiger partial charge in [0.15, 0.2) is 6.54 Å². The van der Waals surface area contributed by atoms with E-state index in [4.69, 9.17) is 23.2 Å². The predicted molar refractivity (Wildman–Crippen MR) is 103 cm³/mol. The lowest BCUT2D eigenvalue weighted by Crippen LogP contribution is -3.15. The van der Waals surface area contributed by atoms with Crippen molar-refractivity contribution in [3.8, 4) is 0 Å². The Labute approximate surface area is 158 Å². The Kier molecular flexibility index (Phi) is 6.19. The molecule has 0 aromatic heterocycles. The van der Waals surface area contributed by atoms with Crippen LogP contribution in [0.3, 0.4) is 0 Å². The summed E-state index contributed by atoms with van der Waals surface area (Å²) in [6.45, 7) is 4.78. The molecule has 0 unspecified atom stereocenters. The van der Waals surface area contributed by atoms with Crippen molar-refractivity contribution in [3.05, 3.63) is 64.1 Å². The Balaban J connectivity index is 1.43. The van der Waals surface area contributed by atoms with Crippen molar-refractivity contribution in [2.75, 3.05) is 37.6 Å². The molecule has 1 heterocycles. The van der Waals surface area contributed by atoms with Crippen LogP contribution in [0.25, 0.3) is 0 Å². The van der Waals surface area contributed by atoms with Crippen molar-refractivity contribution in [2.45, 2.75) is 6.54 Å². The van der Waals surface area contributed by atoms with E-state index in [9.17, 15) is 4.79 Å². The molecule has 132 valence electrons. The van der Waals surface area contributed by atoms with E-state index in [-0.39, 0.29) is 5.91 Å². The molecule has 0 bridgehead atoms. The quantitative estimate of drug-likeness (QED) is 0.834. The Morgan fingerprint density at radius 3 is 2.48 bits per heavy atom. The number of rotatable bonds is 5. The number of halogens is 2. The number of hydrogen-bond acceptors (Lipinski definition) is 2. The van der Waals surface area contributed by atoms with E-state index in [0.717, 1.165) is 31.7 Å². The highest BCUT2D eigenvalue weighted by atomic mass is 35.5. The maximum absolute atomic E-state index is 12.2. The number of para-hydroxylation sites is 1. The molecule has 6 heteroatoms. The molecule has 4 nitrogen and oxygen atoms in total. The molecule has 25 heavy (non-hydrogen) atoms. The molecule has 0 spiro atoms. The van der Waals surface area contributed by atoms with Crippen molar-refractivity contribution in [2.24, 2.45) is 0 Å². The fourth-order valence-corrected chi connectivity index (χ4v) is 3.52. The monoisotopic (exact) mass is 378 g/mol. The van der Waals surface area contributed by atoms with Gasteiger partial charge in [-0.05, 0) is 29.8 Å². The first-order valence-corrected chi connectivity index (χ1v) is 9.21. The lowest BCUT2D eigenvalue weighted by atomic mass is 10.2. The van der Waals surface area contributed by atoms with Gasteiger partial charge >= 0.3 is 0 Å². The summed E-state index contributed by atoms with van der Waals surface area (Å²) in [6.07, 6.45) is 0. The summed E-state index contributed by atoms with van der Waals surface area (Å²) in [6, 6.07) is 15.7. The summed E-state index contributed by atoms with van der Waals surface area (Å²) in [4.78, 5) is 15.9. The lowest BCUT2D eigenvalue weighted by Gasteiger charge is -2.33. The molecule has 0 aliphatic carbocycles. The molecular weight excluding hydrogens is 357 g/mol. The van der Waals surface area contributed by atoms with Crippen LogP contribution >= 0.6 is 23.2 Å². The van der Waals surface area contributed by atoms with Gasteiger partial charge in [0.25, 0.3) is 5.91 Å². The van der Waals surface area contributed by atoms with Gasteiger partial charge < -0.3 is 15.1 Å². The van der Waals surface area contributed by atoms with Crippen LogP contribution in [-0.2, 0) is 11.3 Å². The number of hydrogen-bond donors (Lipinski definition) is 2. The van der Waals surface area contributed by atoms with E-state index in [1.807, 2.05) is 12.1 Å². The molecule has 1 aliphatic rings. The Bertz CT molecular complexity index is 716. The van der Waals surface area contributed by atoms with Crippen LogP contribution in [0.5, 0.6) is 0 Å². The van der Waals surface area contributed by atoms with E-state index >= 15 is 0 Å². The van der Waals surface area contributed by atoms with Gasteiger partial charge in [0.2, 0.25) is 0 Å². The summed E-state index contributed by atoms with van der Waals surface area (Å²) in [5.41, 5.74) is 2.13. The van der Waals surface area contributed by atoms with Gasteiger partial charge in [-0.3, -0.25) is 4.79 Å². The first-order valence-electron chi connectivity index (χ1n) is 8.46. The Morgan fingerprint density at radius 2 is 1.80 bits per heavy atom. The van der Waals surface area contributed by atoms with Gasteiger partial charge in [0.1, 0.15) is 0 Å². The summed E-state index contributed by atoms with van der Waals surface area (Å²) < 4.78 is 0. The lowest BCUT2D eigenvalue weighted by molar-refractivity contribution is -0.892. The Morgan fingerprint density at radius 1 is 1.08 bits per heavy atom. The average Bonchev–Trinajstić information content (AvgIpc) is 2.62. The molecular formula is C19H22Cl2N3O+. The van der Waals surface area contributed by atoms with E-state index in [1.165, 1.54) is 10.6 Å². The van der Waals surface area contributed by atoms with Gasteiger partial charge in [0.05, 0.1) is 26.2 Å². The second-order valence-corrected chi connectivity index (χ2v) is 7.11. The minimum atomic E-state index is 0.0502. The number of anilines is 1. The number of carbonyl (C=O) groups excluding carboxylic acids is 1. The van der Waals surface area contributed by atoms with Crippen LogP contribution in [0.15, 0.2) is 48.5 Å². The molecule has 0 radical (unpaired) electrons. The third-order valence-corrected chi connectivity index (χ3v) is 5.08. The summed E-state index contributed by atoms with van der Waals surface area (Å²) in [7, 11) is 0. The summed E-state index contributed by atoms with van der Waals surface area (Å²) in [5.74, 6) is 0.0502. The first-order chi connectivity index (χ1) is 12.1. The van der Waals surface area contributed by atoms with Crippen LogP contribution in [-0.4, -0.2) is 38.6 Å². The number of piperazine rings is 1.